The monoisotopic (exact) mass is 358 g/mol. The van der Waals surface area contributed by atoms with E-state index < -0.39 is 0 Å². The maximum Gasteiger partial charge on any atom is 0.191 e. The quantitative estimate of drug-likeness (QED) is 0.476. The Kier molecular flexibility index (Phi) is 7.91. The summed E-state index contributed by atoms with van der Waals surface area (Å²) in [5.41, 5.74) is 2.11. The zero-order chi connectivity index (χ0) is 18.9. The third-order valence-electron chi connectivity index (χ3n) is 4.39. The summed E-state index contributed by atoms with van der Waals surface area (Å²) in [5.74, 6) is 1.87. The van der Waals surface area contributed by atoms with Gasteiger partial charge < -0.3 is 15.6 Å². The summed E-state index contributed by atoms with van der Waals surface area (Å²) in [6.45, 7) is 14.4. The van der Waals surface area contributed by atoms with Crippen LogP contribution in [0.5, 0.6) is 0 Å². The maximum absolute atomic E-state index is 4.71. The number of rotatable bonds is 9. The lowest BCUT2D eigenvalue weighted by Gasteiger charge is -2.29. The molecule has 0 radical (unpaired) electrons. The van der Waals surface area contributed by atoms with Crippen molar-refractivity contribution in [2.24, 2.45) is 4.99 Å². The fourth-order valence-electron chi connectivity index (χ4n) is 3.16. The molecule has 0 aliphatic rings. The highest BCUT2D eigenvalue weighted by Gasteiger charge is 2.12. The summed E-state index contributed by atoms with van der Waals surface area (Å²) >= 11 is 0. The van der Waals surface area contributed by atoms with Gasteiger partial charge in [-0.3, -0.25) is 9.89 Å². The number of hydrogen-bond donors (Lipinski definition) is 3. The van der Waals surface area contributed by atoms with Gasteiger partial charge in [0.25, 0.3) is 0 Å². The topological polar surface area (TPSA) is 68.3 Å². The Hall–Kier alpha value is -2.08. The van der Waals surface area contributed by atoms with Crippen LogP contribution in [0.1, 0.15) is 40.4 Å². The number of fused-ring (bicyclic) bond motifs is 1. The minimum absolute atomic E-state index is 0.536. The van der Waals surface area contributed by atoms with E-state index in [2.05, 4.69) is 66.2 Å². The number of aromatic nitrogens is 2. The third-order valence-corrected chi connectivity index (χ3v) is 4.39. The number of para-hydroxylation sites is 2. The molecule has 0 spiro atoms. The maximum atomic E-state index is 4.71. The largest absolute Gasteiger partial charge is 0.357 e. The molecule has 0 amide bonds. The Morgan fingerprint density at radius 2 is 1.88 bits per heavy atom. The van der Waals surface area contributed by atoms with Crippen LogP contribution >= 0.6 is 0 Å². The Bertz CT molecular complexity index is 647. The molecule has 0 atom stereocenters. The molecule has 0 unspecified atom stereocenters. The molecule has 1 aromatic heterocycles. The number of hydrogen-bond acceptors (Lipinski definition) is 3. The van der Waals surface area contributed by atoms with Crippen LogP contribution in [0.3, 0.4) is 0 Å². The van der Waals surface area contributed by atoms with E-state index >= 15 is 0 Å². The number of benzene rings is 1. The average Bonchev–Trinajstić information content (AvgIpc) is 3.00. The second kappa shape index (κ2) is 10.2. The van der Waals surface area contributed by atoms with Crippen molar-refractivity contribution in [1.82, 2.24) is 25.5 Å². The van der Waals surface area contributed by atoms with E-state index in [1.54, 1.807) is 0 Å². The van der Waals surface area contributed by atoms with E-state index in [1.807, 2.05) is 18.2 Å². The van der Waals surface area contributed by atoms with E-state index in [9.17, 15) is 0 Å². The number of aliphatic imine (C=N–C) groups is 1. The molecule has 26 heavy (non-hydrogen) atoms. The van der Waals surface area contributed by atoms with Crippen molar-refractivity contribution in [1.29, 1.82) is 0 Å². The molecule has 1 aromatic carbocycles. The predicted octanol–water partition coefficient (Wildman–Crippen LogP) is 2.78. The van der Waals surface area contributed by atoms with Crippen LogP contribution in [0.4, 0.5) is 0 Å². The van der Waals surface area contributed by atoms with Crippen LogP contribution in [0.25, 0.3) is 11.0 Å². The molecule has 2 aromatic rings. The highest BCUT2D eigenvalue weighted by molar-refractivity contribution is 5.79. The van der Waals surface area contributed by atoms with E-state index in [0.717, 1.165) is 55.4 Å². The first-order chi connectivity index (χ1) is 12.5. The fraction of sp³-hybridized carbons (Fsp3) is 0.600. The lowest BCUT2D eigenvalue weighted by atomic mass is 10.2. The minimum atomic E-state index is 0.536. The highest BCUT2D eigenvalue weighted by atomic mass is 15.2. The normalized spacial score (nSPS) is 12.5. The standard InChI is InChI=1S/C20H34N6/c1-6-21-20(23-13-14-26(15(2)3)16(4)5)22-12-11-19-24-17-9-7-8-10-18(17)25-19/h7-10,15-16H,6,11-14H2,1-5H3,(H,24,25)(H2,21,22,23). The van der Waals surface area contributed by atoms with E-state index in [1.165, 1.54) is 0 Å². The van der Waals surface area contributed by atoms with Gasteiger partial charge in [0.1, 0.15) is 5.82 Å². The molecule has 1 heterocycles. The summed E-state index contributed by atoms with van der Waals surface area (Å²) < 4.78 is 0. The van der Waals surface area contributed by atoms with Crippen molar-refractivity contribution in [3.63, 3.8) is 0 Å². The van der Waals surface area contributed by atoms with E-state index in [-0.39, 0.29) is 0 Å². The zero-order valence-corrected chi connectivity index (χ0v) is 16.8. The number of H-pyrrole nitrogens is 1. The summed E-state index contributed by atoms with van der Waals surface area (Å²) in [7, 11) is 0. The van der Waals surface area contributed by atoms with Crippen molar-refractivity contribution in [2.45, 2.75) is 53.1 Å². The Balaban J connectivity index is 1.84. The van der Waals surface area contributed by atoms with Crippen LogP contribution in [0, 0.1) is 0 Å². The molecule has 0 saturated carbocycles. The van der Waals surface area contributed by atoms with Crippen LogP contribution in [-0.4, -0.2) is 59.1 Å². The number of guanidine groups is 1. The van der Waals surface area contributed by atoms with E-state index in [4.69, 9.17) is 4.99 Å². The molecule has 3 N–H and O–H groups in total. The van der Waals surface area contributed by atoms with Crippen molar-refractivity contribution in [3.05, 3.63) is 30.1 Å². The first kappa shape index (κ1) is 20.2. The summed E-state index contributed by atoms with van der Waals surface area (Å²) in [4.78, 5) is 15.2. The molecule has 0 aliphatic heterocycles. The van der Waals surface area contributed by atoms with Gasteiger partial charge in [-0.2, -0.15) is 0 Å². The molecule has 0 bridgehead atoms. The molecule has 0 aliphatic carbocycles. The summed E-state index contributed by atoms with van der Waals surface area (Å²) in [5, 5.41) is 6.72. The number of nitrogens with zero attached hydrogens (tertiary/aromatic N) is 3. The highest BCUT2D eigenvalue weighted by Crippen LogP contribution is 2.10. The lowest BCUT2D eigenvalue weighted by molar-refractivity contribution is 0.181. The first-order valence-corrected chi connectivity index (χ1v) is 9.72. The molecule has 2 rings (SSSR count). The van der Waals surface area contributed by atoms with Gasteiger partial charge >= 0.3 is 0 Å². The Morgan fingerprint density at radius 3 is 2.54 bits per heavy atom. The van der Waals surface area contributed by atoms with Crippen molar-refractivity contribution in [3.8, 4) is 0 Å². The fourth-order valence-corrected chi connectivity index (χ4v) is 3.16. The molecular weight excluding hydrogens is 324 g/mol. The van der Waals surface area contributed by atoms with Crippen LogP contribution in [-0.2, 0) is 6.42 Å². The smallest absolute Gasteiger partial charge is 0.191 e. The van der Waals surface area contributed by atoms with Crippen LogP contribution in [0.15, 0.2) is 29.3 Å². The van der Waals surface area contributed by atoms with Crippen LogP contribution in [0.2, 0.25) is 0 Å². The molecule has 6 nitrogen and oxygen atoms in total. The summed E-state index contributed by atoms with van der Waals surface area (Å²) in [6.07, 6.45) is 0.837. The second-order valence-electron chi connectivity index (χ2n) is 7.06. The first-order valence-electron chi connectivity index (χ1n) is 9.72. The Labute approximate surface area is 157 Å². The second-order valence-corrected chi connectivity index (χ2v) is 7.06. The van der Waals surface area contributed by atoms with Gasteiger partial charge in [-0.15, -0.1) is 0 Å². The van der Waals surface area contributed by atoms with Gasteiger partial charge in [0.2, 0.25) is 0 Å². The van der Waals surface area contributed by atoms with Crippen molar-refractivity contribution < 1.29 is 0 Å². The van der Waals surface area contributed by atoms with Gasteiger partial charge in [0.05, 0.1) is 17.6 Å². The van der Waals surface area contributed by atoms with Crippen LogP contribution < -0.4 is 10.6 Å². The van der Waals surface area contributed by atoms with E-state index in [0.29, 0.717) is 12.1 Å². The predicted molar refractivity (Wildman–Crippen MR) is 111 cm³/mol. The van der Waals surface area contributed by atoms with Gasteiger partial charge in [-0.1, -0.05) is 12.1 Å². The third kappa shape index (κ3) is 6.02. The van der Waals surface area contributed by atoms with Crippen molar-refractivity contribution >= 4 is 17.0 Å². The minimum Gasteiger partial charge on any atom is -0.357 e. The average molecular weight is 359 g/mol. The SMILES string of the molecule is CCNC(=NCCN(C(C)C)C(C)C)NCCc1nc2ccccc2[nH]1. The molecule has 6 heteroatoms. The Morgan fingerprint density at radius 1 is 1.15 bits per heavy atom. The number of aromatic amines is 1. The molecular formula is C20H34N6. The van der Waals surface area contributed by atoms with Gasteiger partial charge in [0, 0.05) is 38.1 Å². The number of imidazole rings is 1. The molecule has 144 valence electrons. The summed E-state index contributed by atoms with van der Waals surface area (Å²) in [6, 6.07) is 9.20. The number of nitrogens with one attached hydrogen (secondary N) is 3. The lowest BCUT2D eigenvalue weighted by Crippen LogP contribution is -2.41. The van der Waals surface area contributed by atoms with Gasteiger partial charge in [0.15, 0.2) is 5.96 Å². The van der Waals surface area contributed by atoms with Gasteiger partial charge in [-0.05, 0) is 46.8 Å². The zero-order valence-electron chi connectivity index (χ0n) is 16.8. The molecule has 0 fully saturated rings. The van der Waals surface area contributed by atoms with Crippen molar-refractivity contribution in [2.75, 3.05) is 26.2 Å². The van der Waals surface area contributed by atoms with Gasteiger partial charge in [-0.25, -0.2) is 4.98 Å². The molecule has 0 saturated heterocycles.